The highest BCUT2D eigenvalue weighted by molar-refractivity contribution is 5.73. The van der Waals surface area contributed by atoms with Crippen LogP contribution in [0.2, 0.25) is 0 Å². The summed E-state index contributed by atoms with van der Waals surface area (Å²) in [4.78, 5) is 17.9. The van der Waals surface area contributed by atoms with Crippen LogP contribution in [-0.2, 0) is 13.1 Å². The van der Waals surface area contributed by atoms with E-state index in [2.05, 4.69) is 32.5 Å². The molecule has 2 N–H and O–H groups in total. The second-order valence-electron chi connectivity index (χ2n) is 5.74. The van der Waals surface area contributed by atoms with Gasteiger partial charge < -0.3 is 15.5 Å². The number of urea groups is 1. The predicted molar refractivity (Wildman–Crippen MR) is 89.0 cm³/mol. The number of nitrogens with one attached hydrogen (secondary N) is 2. The van der Waals surface area contributed by atoms with Crippen LogP contribution >= 0.6 is 0 Å². The number of amides is 2. The Morgan fingerprint density at radius 1 is 1.26 bits per heavy atom. The van der Waals surface area contributed by atoms with E-state index in [4.69, 9.17) is 0 Å². The van der Waals surface area contributed by atoms with Crippen molar-refractivity contribution in [2.45, 2.75) is 26.1 Å². The molecule has 0 fully saturated rings. The van der Waals surface area contributed by atoms with Gasteiger partial charge in [-0.1, -0.05) is 24.3 Å². The third-order valence-corrected chi connectivity index (χ3v) is 3.80. The summed E-state index contributed by atoms with van der Waals surface area (Å²) in [5.74, 6) is 0. The van der Waals surface area contributed by atoms with Crippen LogP contribution < -0.4 is 10.6 Å². The first-order valence-corrected chi connectivity index (χ1v) is 7.63. The summed E-state index contributed by atoms with van der Waals surface area (Å²) in [6, 6.07) is 8.12. The number of carbonyl (C=O) groups is 1. The molecule has 0 saturated carbocycles. The quantitative estimate of drug-likeness (QED) is 0.801. The zero-order valence-electron chi connectivity index (χ0n) is 13.9. The summed E-state index contributed by atoms with van der Waals surface area (Å²) in [6.45, 7) is 3.79. The molecule has 2 amide bonds. The Kier molecular flexibility index (Phi) is 6.10. The van der Waals surface area contributed by atoms with E-state index in [9.17, 15) is 4.79 Å². The SMILES string of the molecule is CC(CNC(=O)NCc1ccccc1Cn1cncn1)N(C)C. The largest absolute Gasteiger partial charge is 0.337 e. The molecule has 2 aromatic rings. The average molecular weight is 316 g/mol. The standard InChI is InChI=1S/C16H24N6O/c1-13(21(2)3)8-18-16(23)19-9-14-6-4-5-7-15(14)10-22-12-17-11-20-22/h4-7,11-13H,8-10H2,1-3H3,(H2,18,19,23). The minimum atomic E-state index is -0.158. The lowest BCUT2D eigenvalue weighted by Crippen LogP contribution is -2.42. The van der Waals surface area contributed by atoms with Gasteiger partial charge in [-0.15, -0.1) is 0 Å². The summed E-state index contributed by atoms with van der Waals surface area (Å²) in [6.07, 6.45) is 3.19. The van der Waals surface area contributed by atoms with Crippen LogP contribution in [-0.4, -0.2) is 52.4 Å². The smallest absolute Gasteiger partial charge is 0.315 e. The average Bonchev–Trinajstić information content (AvgIpc) is 3.04. The first kappa shape index (κ1) is 17.0. The van der Waals surface area contributed by atoms with Gasteiger partial charge in [0.1, 0.15) is 12.7 Å². The molecule has 0 aliphatic rings. The third-order valence-electron chi connectivity index (χ3n) is 3.80. The van der Waals surface area contributed by atoms with Gasteiger partial charge in [0.2, 0.25) is 0 Å². The number of likely N-dealkylation sites (N-methyl/N-ethyl adjacent to an activating group) is 1. The highest BCUT2D eigenvalue weighted by Gasteiger charge is 2.08. The molecule has 0 aliphatic carbocycles. The Labute approximate surface area is 136 Å². The second kappa shape index (κ2) is 8.28. The summed E-state index contributed by atoms with van der Waals surface area (Å²) in [5, 5.41) is 9.89. The topological polar surface area (TPSA) is 75.1 Å². The molecule has 0 saturated heterocycles. The van der Waals surface area contributed by atoms with Crippen LogP contribution in [0.15, 0.2) is 36.9 Å². The van der Waals surface area contributed by atoms with Gasteiger partial charge >= 0.3 is 6.03 Å². The maximum Gasteiger partial charge on any atom is 0.315 e. The van der Waals surface area contributed by atoms with Gasteiger partial charge in [0, 0.05) is 19.1 Å². The molecule has 0 spiro atoms. The summed E-state index contributed by atoms with van der Waals surface area (Å²) in [5.41, 5.74) is 2.18. The molecule has 7 heteroatoms. The van der Waals surface area contributed by atoms with Gasteiger partial charge in [0.25, 0.3) is 0 Å². The fourth-order valence-corrected chi connectivity index (χ4v) is 2.03. The minimum Gasteiger partial charge on any atom is -0.337 e. The zero-order valence-corrected chi connectivity index (χ0v) is 13.9. The van der Waals surface area contributed by atoms with Crippen LogP contribution in [0.4, 0.5) is 4.79 Å². The van der Waals surface area contributed by atoms with Gasteiger partial charge in [-0.05, 0) is 32.1 Å². The summed E-state index contributed by atoms with van der Waals surface area (Å²) in [7, 11) is 3.98. The summed E-state index contributed by atoms with van der Waals surface area (Å²) < 4.78 is 1.76. The number of hydrogen-bond donors (Lipinski definition) is 2. The van der Waals surface area contributed by atoms with Crippen LogP contribution in [0.25, 0.3) is 0 Å². The van der Waals surface area contributed by atoms with Crippen LogP contribution in [0, 0.1) is 0 Å². The Hall–Kier alpha value is -2.41. The molecule has 7 nitrogen and oxygen atoms in total. The zero-order chi connectivity index (χ0) is 16.7. The van der Waals surface area contributed by atoms with Crippen molar-refractivity contribution in [1.29, 1.82) is 0 Å². The van der Waals surface area contributed by atoms with E-state index in [1.807, 2.05) is 38.4 Å². The predicted octanol–water partition coefficient (Wildman–Crippen LogP) is 1.08. The third kappa shape index (κ3) is 5.37. The molecule has 23 heavy (non-hydrogen) atoms. The monoisotopic (exact) mass is 316 g/mol. The Morgan fingerprint density at radius 3 is 2.65 bits per heavy atom. The molecule has 1 unspecified atom stereocenters. The molecule has 2 rings (SSSR count). The van der Waals surface area contributed by atoms with Gasteiger partial charge in [-0.3, -0.25) is 0 Å². The minimum absolute atomic E-state index is 0.158. The molecule has 0 aliphatic heterocycles. The number of carbonyl (C=O) groups excluding carboxylic acids is 1. The van der Waals surface area contributed by atoms with Gasteiger partial charge in [-0.25, -0.2) is 14.5 Å². The number of nitrogens with zero attached hydrogens (tertiary/aromatic N) is 4. The molecular weight excluding hydrogens is 292 g/mol. The molecule has 124 valence electrons. The Bertz CT molecular complexity index is 611. The molecule has 1 aromatic heterocycles. The van der Waals surface area contributed by atoms with Crippen molar-refractivity contribution >= 4 is 6.03 Å². The van der Waals surface area contributed by atoms with Gasteiger partial charge in [-0.2, -0.15) is 5.10 Å². The molecule has 0 radical (unpaired) electrons. The fraction of sp³-hybridized carbons (Fsp3) is 0.438. The maximum absolute atomic E-state index is 11.9. The summed E-state index contributed by atoms with van der Waals surface area (Å²) >= 11 is 0. The normalized spacial score (nSPS) is 12.2. The molecule has 1 heterocycles. The van der Waals surface area contributed by atoms with Crippen molar-refractivity contribution in [3.63, 3.8) is 0 Å². The first-order valence-electron chi connectivity index (χ1n) is 7.63. The van der Waals surface area contributed by atoms with E-state index in [-0.39, 0.29) is 6.03 Å². The van der Waals surface area contributed by atoms with Crippen molar-refractivity contribution in [3.05, 3.63) is 48.0 Å². The number of benzene rings is 1. The van der Waals surface area contributed by atoms with E-state index < -0.39 is 0 Å². The lowest BCUT2D eigenvalue weighted by atomic mass is 10.1. The highest BCUT2D eigenvalue weighted by Crippen LogP contribution is 2.09. The van der Waals surface area contributed by atoms with Gasteiger partial charge in [0.15, 0.2) is 0 Å². The molecule has 1 aromatic carbocycles. The maximum atomic E-state index is 11.9. The highest BCUT2D eigenvalue weighted by atomic mass is 16.2. The van der Waals surface area contributed by atoms with E-state index in [0.717, 1.165) is 11.1 Å². The Morgan fingerprint density at radius 2 is 2.00 bits per heavy atom. The van der Waals surface area contributed by atoms with Crippen LogP contribution in [0.5, 0.6) is 0 Å². The second-order valence-corrected chi connectivity index (χ2v) is 5.74. The van der Waals surface area contributed by atoms with Crippen molar-refractivity contribution in [2.24, 2.45) is 0 Å². The van der Waals surface area contributed by atoms with Crippen molar-refractivity contribution in [1.82, 2.24) is 30.3 Å². The molecular formula is C16H24N6O. The fourth-order valence-electron chi connectivity index (χ4n) is 2.03. The number of rotatable bonds is 7. The van der Waals surface area contributed by atoms with Crippen LogP contribution in [0.3, 0.4) is 0 Å². The molecule has 0 bridgehead atoms. The first-order chi connectivity index (χ1) is 11.1. The number of aromatic nitrogens is 3. The lowest BCUT2D eigenvalue weighted by molar-refractivity contribution is 0.234. The van der Waals surface area contributed by atoms with Crippen LogP contribution in [0.1, 0.15) is 18.1 Å². The Balaban J connectivity index is 1.87. The van der Waals surface area contributed by atoms with E-state index in [1.54, 1.807) is 11.0 Å². The van der Waals surface area contributed by atoms with E-state index in [0.29, 0.717) is 25.7 Å². The molecule has 1 atom stereocenters. The van der Waals surface area contributed by atoms with Crippen molar-refractivity contribution in [2.75, 3.05) is 20.6 Å². The van der Waals surface area contributed by atoms with E-state index in [1.165, 1.54) is 6.33 Å². The van der Waals surface area contributed by atoms with Crippen molar-refractivity contribution < 1.29 is 4.79 Å². The lowest BCUT2D eigenvalue weighted by Gasteiger charge is -2.20. The van der Waals surface area contributed by atoms with E-state index >= 15 is 0 Å². The number of hydrogen-bond acceptors (Lipinski definition) is 4. The van der Waals surface area contributed by atoms with Crippen molar-refractivity contribution in [3.8, 4) is 0 Å². The van der Waals surface area contributed by atoms with Gasteiger partial charge in [0.05, 0.1) is 6.54 Å².